The smallest absolute Gasteiger partial charge is 0.229 e. The first-order valence-corrected chi connectivity index (χ1v) is 7.41. The average Bonchev–Trinajstić information content (AvgIpc) is 2.83. The Morgan fingerprint density at radius 2 is 1.89 bits per heavy atom. The molecule has 3 rings (SSSR count). The molecule has 0 bridgehead atoms. The van der Waals surface area contributed by atoms with Crippen molar-refractivity contribution in [2.24, 2.45) is 17.6 Å². The number of nitrogens with two attached hydrogens (primary N) is 1. The average molecular weight is 252 g/mol. The van der Waals surface area contributed by atoms with E-state index >= 15 is 0 Å². The predicted molar refractivity (Wildman–Crippen MR) is 69.0 cm³/mol. The molecule has 2 heterocycles. The Morgan fingerprint density at radius 3 is 2.67 bits per heavy atom. The molecule has 1 amide bonds. The molecule has 0 spiro atoms. The Morgan fingerprint density at radius 1 is 1.11 bits per heavy atom. The SMILES string of the molecule is NC1COCC1C(=O)N1CCCC2CCCCC21. The van der Waals surface area contributed by atoms with Crippen molar-refractivity contribution in [2.75, 3.05) is 19.8 Å². The lowest BCUT2D eigenvalue weighted by atomic mass is 9.78. The van der Waals surface area contributed by atoms with Crippen LogP contribution < -0.4 is 5.73 Å². The number of carbonyl (C=O) groups is 1. The van der Waals surface area contributed by atoms with E-state index in [1.165, 1.54) is 32.1 Å². The van der Waals surface area contributed by atoms with Crippen molar-refractivity contribution in [3.05, 3.63) is 0 Å². The Balaban J connectivity index is 1.71. The minimum absolute atomic E-state index is 0.0920. The van der Waals surface area contributed by atoms with Crippen LogP contribution >= 0.6 is 0 Å². The molecule has 18 heavy (non-hydrogen) atoms. The van der Waals surface area contributed by atoms with Gasteiger partial charge >= 0.3 is 0 Å². The third kappa shape index (κ3) is 2.16. The molecule has 4 unspecified atom stereocenters. The normalized spacial score (nSPS) is 40.6. The highest BCUT2D eigenvalue weighted by molar-refractivity contribution is 5.80. The Bertz CT molecular complexity index is 319. The molecule has 0 aromatic carbocycles. The number of rotatable bonds is 1. The van der Waals surface area contributed by atoms with Crippen molar-refractivity contribution in [3.8, 4) is 0 Å². The van der Waals surface area contributed by atoms with Gasteiger partial charge in [-0.2, -0.15) is 0 Å². The molecule has 102 valence electrons. The maximum absolute atomic E-state index is 12.6. The largest absolute Gasteiger partial charge is 0.379 e. The maximum Gasteiger partial charge on any atom is 0.229 e. The third-order valence-corrected chi connectivity index (χ3v) is 4.97. The number of fused-ring (bicyclic) bond motifs is 1. The molecule has 2 N–H and O–H groups in total. The molecule has 4 atom stereocenters. The summed E-state index contributed by atoms with van der Waals surface area (Å²) in [5.41, 5.74) is 5.98. The molecule has 3 fully saturated rings. The number of hydrogen-bond donors (Lipinski definition) is 1. The summed E-state index contributed by atoms with van der Waals surface area (Å²) in [6.07, 6.45) is 7.59. The molecule has 4 nitrogen and oxygen atoms in total. The first-order chi connectivity index (χ1) is 8.77. The summed E-state index contributed by atoms with van der Waals surface area (Å²) in [4.78, 5) is 14.8. The van der Waals surface area contributed by atoms with Gasteiger partial charge in [-0.25, -0.2) is 0 Å². The van der Waals surface area contributed by atoms with Gasteiger partial charge in [0.15, 0.2) is 0 Å². The van der Waals surface area contributed by atoms with Crippen LogP contribution in [0.15, 0.2) is 0 Å². The lowest BCUT2D eigenvalue weighted by molar-refractivity contribution is -0.142. The van der Waals surface area contributed by atoms with Gasteiger partial charge in [-0.1, -0.05) is 12.8 Å². The van der Waals surface area contributed by atoms with E-state index in [1.807, 2.05) is 0 Å². The van der Waals surface area contributed by atoms with Gasteiger partial charge in [0.25, 0.3) is 0 Å². The highest BCUT2D eigenvalue weighted by atomic mass is 16.5. The Labute approximate surface area is 109 Å². The number of piperidine rings is 1. The molecule has 3 aliphatic rings. The van der Waals surface area contributed by atoms with E-state index in [4.69, 9.17) is 10.5 Å². The van der Waals surface area contributed by atoms with Crippen molar-refractivity contribution in [1.82, 2.24) is 4.90 Å². The zero-order chi connectivity index (χ0) is 12.5. The van der Waals surface area contributed by atoms with E-state index in [9.17, 15) is 4.79 Å². The van der Waals surface area contributed by atoms with E-state index in [2.05, 4.69) is 4.90 Å². The summed E-state index contributed by atoms with van der Waals surface area (Å²) in [5, 5.41) is 0. The van der Waals surface area contributed by atoms with Crippen LogP contribution in [0, 0.1) is 11.8 Å². The molecule has 4 heteroatoms. The number of likely N-dealkylation sites (tertiary alicyclic amines) is 1. The number of hydrogen-bond acceptors (Lipinski definition) is 3. The number of nitrogens with zero attached hydrogens (tertiary/aromatic N) is 1. The quantitative estimate of drug-likeness (QED) is 0.761. The molecule has 1 aliphatic carbocycles. The van der Waals surface area contributed by atoms with E-state index in [1.54, 1.807) is 0 Å². The summed E-state index contributed by atoms with van der Waals surface area (Å²) >= 11 is 0. The van der Waals surface area contributed by atoms with Gasteiger partial charge in [0.05, 0.1) is 19.1 Å². The fourth-order valence-corrected chi connectivity index (χ4v) is 3.94. The fraction of sp³-hybridized carbons (Fsp3) is 0.929. The van der Waals surface area contributed by atoms with Crippen LogP contribution in [-0.4, -0.2) is 42.6 Å². The molecule has 0 radical (unpaired) electrons. The van der Waals surface area contributed by atoms with Crippen molar-refractivity contribution >= 4 is 5.91 Å². The van der Waals surface area contributed by atoms with Crippen LogP contribution in [0.2, 0.25) is 0 Å². The first-order valence-electron chi connectivity index (χ1n) is 7.41. The highest BCUT2D eigenvalue weighted by Crippen LogP contribution is 2.36. The van der Waals surface area contributed by atoms with Gasteiger partial charge in [-0.3, -0.25) is 4.79 Å². The van der Waals surface area contributed by atoms with Gasteiger partial charge in [-0.15, -0.1) is 0 Å². The summed E-state index contributed by atoms with van der Waals surface area (Å²) in [6, 6.07) is 0.397. The molecule has 2 aliphatic heterocycles. The van der Waals surface area contributed by atoms with Crippen LogP contribution in [0.4, 0.5) is 0 Å². The van der Waals surface area contributed by atoms with E-state index < -0.39 is 0 Å². The van der Waals surface area contributed by atoms with Gasteiger partial charge < -0.3 is 15.4 Å². The zero-order valence-electron chi connectivity index (χ0n) is 11.0. The zero-order valence-corrected chi connectivity index (χ0v) is 11.0. The molecular weight excluding hydrogens is 228 g/mol. The highest BCUT2D eigenvalue weighted by Gasteiger charge is 2.41. The predicted octanol–water partition coefficient (Wildman–Crippen LogP) is 1.14. The van der Waals surface area contributed by atoms with Gasteiger partial charge in [0.2, 0.25) is 5.91 Å². The second-order valence-corrected chi connectivity index (χ2v) is 6.09. The molecule has 2 saturated heterocycles. The minimum Gasteiger partial charge on any atom is -0.379 e. The van der Waals surface area contributed by atoms with Crippen molar-refractivity contribution in [2.45, 2.75) is 50.6 Å². The van der Waals surface area contributed by atoms with Crippen molar-refractivity contribution < 1.29 is 9.53 Å². The summed E-state index contributed by atoms with van der Waals surface area (Å²) in [7, 11) is 0. The van der Waals surface area contributed by atoms with Crippen molar-refractivity contribution in [1.29, 1.82) is 0 Å². The minimum atomic E-state index is -0.0959. The number of carbonyl (C=O) groups excluding carboxylic acids is 1. The summed E-state index contributed by atoms with van der Waals surface area (Å²) in [5.74, 6) is 0.914. The van der Waals surface area contributed by atoms with Gasteiger partial charge in [-0.05, 0) is 31.6 Å². The monoisotopic (exact) mass is 252 g/mol. The van der Waals surface area contributed by atoms with Gasteiger partial charge in [0, 0.05) is 18.6 Å². The summed E-state index contributed by atoms with van der Waals surface area (Å²) < 4.78 is 5.34. The maximum atomic E-state index is 12.6. The fourth-order valence-electron chi connectivity index (χ4n) is 3.94. The molecular formula is C14H24N2O2. The number of amides is 1. The second-order valence-electron chi connectivity index (χ2n) is 6.09. The lowest BCUT2D eigenvalue weighted by Crippen LogP contribution is -2.53. The third-order valence-electron chi connectivity index (χ3n) is 4.97. The molecule has 1 saturated carbocycles. The van der Waals surface area contributed by atoms with Gasteiger partial charge in [0.1, 0.15) is 0 Å². The van der Waals surface area contributed by atoms with E-state index in [-0.39, 0.29) is 17.9 Å². The van der Waals surface area contributed by atoms with E-state index in [0.717, 1.165) is 18.9 Å². The topological polar surface area (TPSA) is 55.6 Å². The standard InChI is InChI=1S/C14H24N2O2/c15-12-9-18-8-11(12)14(17)16-7-3-5-10-4-1-2-6-13(10)16/h10-13H,1-9,15H2. The van der Waals surface area contributed by atoms with Crippen LogP contribution in [0.3, 0.4) is 0 Å². The van der Waals surface area contributed by atoms with Crippen LogP contribution in [0.25, 0.3) is 0 Å². The van der Waals surface area contributed by atoms with E-state index in [0.29, 0.717) is 19.3 Å². The second kappa shape index (κ2) is 5.17. The Kier molecular flexibility index (Phi) is 3.57. The van der Waals surface area contributed by atoms with Crippen molar-refractivity contribution in [3.63, 3.8) is 0 Å². The number of ether oxygens (including phenoxy) is 1. The van der Waals surface area contributed by atoms with Crippen LogP contribution in [-0.2, 0) is 9.53 Å². The first kappa shape index (κ1) is 12.4. The van der Waals surface area contributed by atoms with Crippen LogP contribution in [0.1, 0.15) is 38.5 Å². The molecule has 0 aromatic rings. The van der Waals surface area contributed by atoms with Crippen LogP contribution in [0.5, 0.6) is 0 Å². The molecule has 0 aromatic heterocycles. The lowest BCUT2D eigenvalue weighted by Gasteiger charge is -2.45. The Hall–Kier alpha value is -0.610. The summed E-state index contributed by atoms with van der Waals surface area (Å²) in [6.45, 7) is 2.00.